The van der Waals surface area contributed by atoms with Crippen molar-refractivity contribution in [2.24, 2.45) is 0 Å². The minimum absolute atomic E-state index is 0.0565. The minimum Gasteiger partial charge on any atom is -0.465 e. The Labute approximate surface area is 274 Å². The smallest absolute Gasteiger partial charge is 0.420 e. The van der Waals surface area contributed by atoms with Gasteiger partial charge in [-0.1, -0.05) is 30.3 Å². The van der Waals surface area contributed by atoms with Crippen molar-refractivity contribution in [1.82, 2.24) is 14.7 Å². The van der Waals surface area contributed by atoms with Crippen molar-refractivity contribution in [3.63, 3.8) is 0 Å². The van der Waals surface area contributed by atoms with Gasteiger partial charge in [-0.2, -0.15) is 13.8 Å². The topological polar surface area (TPSA) is 236 Å². The standard InChI is InChI=1S/C29H27F2N5O12S/c30-29(31)24(40)20(16-37)47-27(29)35-14-12-21(33-28(35)41)32-22(38)10-11-23(39)45-15-13-17-6-8-18(9-7-17)46-25-26(36(42)48-34-25)49(43,44)19-4-2-1-3-5-19/h1-9,12,14,20,24,27,37,40H,10-11,13,15-16H2,(H,32,33,38,41)/t20-,24-,27-/m1/s1. The van der Waals surface area contributed by atoms with Gasteiger partial charge in [0.25, 0.3) is 9.84 Å². The minimum atomic E-state index is -4.31. The highest BCUT2D eigenvalue weighted by atomic mass is 32.2. The summed E-state index contributed by atoms with van der Waals surface area (Å²) >= 11 is 0. The van der Waals surface area contributed by atoms with Crippen molar-refractivity contribution >= 4 is 27.5 Å². The molecular weight excluding hydrogens is 680 g/mol. The Morgan fingerprint density at radius 2 is 1.82 bits per heavy atom. The van der Waals surface area contributed by atoms with Crippen molar-refractivity contribution in [2.45, 2.75) is 53.5 Å². The molecule has 20 heteroatoms. The highest BCUT2D eigenvalue weighted by Crippen LogP contribution is 2.42. The number of carbonyl (C=O) groups excluding carboxylic acids is 2. The second kappa shape index (κ2) is 14.4. The molecule has 0 saturated carbocycles. The number of nitrogens with one attached hydrogen (secondary N) is 1. The molecule has 1 aliphatic heterocycles. The maximum Gasteiger partial charge on any atom is 0.420 e. The lowest BCUT2D eigenvalue weighted by Crippen LogP contribution is -2.41. The molecule has 0 spiro atoms. The van der Waals surface area contributed by atoms with Crippen molar-refractivity contribution in [1.29, 1.82) is 0 Å². The van der Waals surface area contributed by atoms with Crippen LogP contribution in [-0.4, -0.2) is 76.6 Å². The molecule has 2 aromatic heterocycles. The van der Waals surface area contributed by atoms with Crippen LogP contribution in [0.2, 0.25) is 0 Å². The van der Waals surface area contributed by atoms with Crippen LogP contribution in [0.15, 0.2) is 86.2 Å². The quantitative estimate of drug-likeness (QED) is 0.129. The third-order valence-electron chi connectivity index (χ3n) is 7.11. The van der Waals surface area contributed by atoms with Gasteiger partial charge < -0.3 is 34.9 Å². The van der Waals surface area contributed by atoms with E-state index >= 15 is 0 Å². The molecule has 0 bridgehead atoms. The number of ether oxygens (including phenoxy) is 3. The molecule has 2 aromatic carbocycles. The van der Waals surface area contributed by atoms with Crippen molar-refractivity contribution in [2.75, 3.05) is 18.5 Å². The number of benzene rings is 2. The molecule has 5 rings (SSSR count). The molecule has 3 atom stereocenters. The van der Waals surface area contributed by atoms with Crippen LogP contribution in [0.25, 0.3) is 0 Å². The molecule has 1 amide bonds. The van der Waals surface area contributed by atoms with Gasteiger partial charge >= 0.3 is 28.5 Å². The highest BCUT2D eigenvalue weighted by Gasteiger charge is 2.59. The van der Waals surface area contributed by atoms with Gasteiger partial charge in [-0.25, -0.2) is 13.2 Å². The summed E-state index contributed by atoms with van der Waals surface area (Å²) in [5.74, 6) is -6.03. The number of halogens is 2. The molecule has 1 aliphatic rings. The predicted octanol–water partition coefficient (Wildman–Crippen LogP) is 0.880. The molecular formula is C29H27F2N5O12S. The first kappa shape index (κ1) is 35.0. The first-order valence-corrected chi connectivity index (χ1v) is 15.8. The van der Waals surface area contributed by atoms with Crippen molar-refractivity contribution < 1.29 is 60.7 Å². The number of carbonyl (C=O) groups is 2. The second-order valence-electron chi connectivity index (χ2n) is 10.5. The summed E-state index contributed by atoms with van der Waals surface area (Å²) in [5.41, 5.74) is -0.529. The molecule has 4 aromatic rings. The van der Waals surface area contributed by atoms with Gasteiger partial charge in [0.1, 0.15) is 17.7 Å². The highest BCUT2D eigenvalue weighted by molar-refractivity contribution is 7.91. The summed E-state index contributed by atoms with van der Waals surface area (Å²) in [6.45, 7) is -0.960. The normalized spacial score (nSPS) is 18.6. The first-order chi connectivity index (χ1) is 23.3. The summed E-state index contributed by atoms with van der Waals surface area (Å²) in [7, 11) is -4.31. The average molecular weight is 708 g/mol. The van der Waals surface area contributed by atoms with E-state index in [1.807, 2.05) is 0 Å². The monoisotopic (exact) mass is 707 g/mol. The molecule has 17 nitrogen and oxygen atoms in total. The van der Waals surface area contributed by atoms with Gasteiger partial charge in [0.2, 0.25) is 12.1 Å². The number of aromatic nitrogens is 4. The summed E-state index contributed by atoms with van der Waals surface area (Å²) < 4.78 is 74.9. The zero-order chi connectivity index (χ0) is 35.3. The number of nitrogens with zero attached hydrogens (tertiary/aromatic N) is 4. The SMILES string of the molecule is O=C(CCC(=O)OCCc1ccc(Oc2no[n+]([O-])c2S(=O)(=O)c2ccccc2)cc1)Nc1ccn([C@@H]2O[C@H](CO)[C@@H](O)C2(F)F)c(=O)n1. The van der Waals surface area contributed by atoms with Gasteiger partial charge in [-0.05, 0) is 40.8 Å². The van der Waals surface area contributed by atoms with Crippen LogP contribution in [-0.2, 0) is 35.3 Å². The number of aliphatic hydroxyl groups is 2. The van der Waals surface area contributed by atoms with E-state index < -0.39 is 69.3 Å². The Morgan fingerprint density at radius 1 is 1.10 bits per heavy atom. The Morgan fingerprint density at radius 3 is 2.47 bits per heavy atom. The second-order valence-corrected chi connectivity index (χ2v) is 12.3. The van der Waals surface area contributed by atoms with Crippen LogP contribution in [0.5, 0.6) is 11.6 Å². The zero-order valence-electron chi connectivity index (χ0n) is 25.0. The van der Waals surface area contributed by atoms with Crippen LogP contribution >= 0.6 is 0 Å². The van der Waals surface area contributed by atoms with Gasteiger partial charge in [-0.3, -0.25) is 18.8 Å². The fourth-order valence-corrected chi connectivity index (χ4v) is 5.88. The van der Waals surface area contributed by atoms with Gasteiger partial charge in [0, 0.05) is 19.0 Å². The summed E-state index contributed by atoms with van der Waals surface area (Å²) in [4.78, 5) is 39.8. The summed E-state index contributed by atoms with van der Waals surface area (Å²) in [6, 6.07) is 14.4. The van der Waals surface area contributed by atoms with Crippen LogP contribution in [0, 0.1) is 5.21 Å². The Kier molecular flexibility index (Phi) is 10.3. The van der Waals surface area contributed by atoms with E-state index in [1.54, 1.807) is 18.2 Å². The van der Waals surface area contributed by atoms with Crippen LogP contribution < -0.4 is 20.6 Å². The number of esters is 1. The van der Waals surface area contributed by atoms with E-state index in [9.17, 15) is 41.9 Å². The van der Waals surface area contributed by atoms with Crippen LogP contribution in [0.3, 0.4) is 0 Å². The molecule has 3 heterocycles. The number of amides is 1. The number of hydrogen-bond acceptors (Lipinski definition) is 14. The fourth-order valence-electron chi connectivity index (χ4n) is 4.61. The number of aliphatic hydroxyl groups excluding tert-OH is 2. The molecule has 0 radical (unpaired) electrons. The molecule has 3 N–H and O–H groups in total. The third-order valence-corrected chi connectivity index (χ3v) is 8.84. The largest absolute Gasteiger partial charge is 0.465 e. The summed E-state index contributed by atoms with van der Waals surface area (Å²) in [5, 5.41) is 35.7. The van der Waals surface area contributed by atoms with E-state index in [2.05, 4.69) is 20.1 Å². The summed E-state index contributed by atoms with van der Waals surface area (Å²) in [6.07, 6.45) is -5.73. The molecule has 1 saturated heterocycles. The molecule has 0 unspecified atom stereocenters. The Hall–Kier alpha value is -5.31. The Bertz CT molecular complexity index is 1970. The lowest BCUT2D eigenvalue weighted by molar-refractivity contribution is -0.832. The van der Waals surface area contributed by atoms with E-state index in [0.29, 0.717) is 10.1 Å². The number of sulfone groups is 1. The third kappa shape index (κ3) is 7.72. The molecule has 0 aliphatic carbocycles. The van der Waals surface area contributed by atoms with E-state index in [1.165, 1.54) is 36.4 Å². The van der Waals surface area contributed by atoms with Crippen molar-refractivity contribution in [3.8, 4) is 11.6 Å². The maximum absolute atomic E-state index is 14.3. The molecule has 49 heavy (non-hydrogen) atoms. The molecule has 1 fully saturated rings. The number of anilines is 1. The first-order valence-electron chi connectivity index (χ1n) is 14.3. The van der Waals surface area contributed by atoms with Crippen molar-refractivity contribution in [3.05, 3.63) is 88.1 Å². The lowest BCUT2D eigenvalue weighted by Gasteiger charge is -2.21. The number of rotatable bonds is 13. The number of hydrogen-bond donors (Lipinski definition) is 3. The zero-order valence-corrected chi connectivity index (χ0v) is 25.9. The van der Waals surface area contributed by atoms with Crippen LogP contribution in [0.4, 0.5) is 14.6 Å². The van der Waals surface area contributed by atoms with E-state index in [4.69, 9.17) is 19.3 Å². The van der Waals surface area contributed by atoms with Gasteiger partial charge in [0.15, 0.2) is 6.10 Å². The van der Waals surface area contributed by atoms with Gasteiger partial charge in [0.05, 0.1) is 29.7 Å². The Balaban J connectivity index is 1.07. The van der Waals surface area contributed by atoms with E-state index in [0.717, 1.165) is 12.3 Å². The van der Waals surface area contributed by atoms with E-state index in [-0.39, 0.29) is 47.2 Å². The maximum atomic E-state index is 14.3. The lowest BCUT2D eigenvalue weighted by atomic mass is 10.1. The fraction of sp³-hybridized carbons (Fsp3) is 0.310. The van der Waals surface area contributed by atoms with Crippen LogP contribution in [0.1, 0.15) is 24.6 Å². The van der Waals surface area contributed by atoms with Gasteiger partial charge in [-0.15, -0.1) is 0 Å². The average Bonchev–Trinajstić information content (AvgIpc) is 3.56. The number of alkyl halides is 2. The predicted molar refractivity (Wildman–Crippen MR) is 157 cm³/mol. The molecule has 260 valence electrons.